The van der Waals surface area contributed by atoms with E-state index in [4.69, 9.17) is 0 Å². The maximum Gasteiger partial charge on any atom is 0.274 e. The van der Waals surface area contributed by atoms with Gasteiger partial charge in [0.05, 0.1) is 18.0 Å². The van der Waals surface area contributed by atoms with Crippen LogP contribution in [0.5, 0.6) is 0 Å². The molecule has 0 aliphatic heterocycles. The first-order chi connectivity index (χ1) is 14.1. The van der Waals surface area contributed by atoms with Gasteiger partial charge in [-0.15, -0.1) is 10.2 Å². The van der Waals surface area contributed by atoms with Gasteiger partial charge in [-0.1, -0.05) is 36.4 Å². The maximum atomic E-state index is 12.9. The summed E-state index contributed by atoms with van der Waals surface area (Å²) in [5, 5.41) is 16.2. The molecule has 8 heteroatoms. The van der Waals surface area contributed by atoms with Crippen LogP contribution in [0.15, 0.2) is 65.7 Å². The Bertz CT molecular complexity index is 1230. The average molecular weight is 388 g/mol. The molecule has 0 unspecified atom stereocenters. The van der Waals surface area contributed by atoms with Gasteiger partial charge in [0.25, 0.3) is 11.5 Å². The number of fused-ring (bicyclic) bond motifs is 1. The molecule has 0 fully saturated rings. The summed E-state index contributed by atoms with van der Waals surface area (Å²) >= 11 is 0. The van der Waals surface area contributed by atoms with Crippen molar-refractivity contribution < 1.29 is 4.79 Å². The highest BCUT2D eigenvalue weighted by Gasteiger charge is 2.18. The summed E-state index contributed by atoms with van der Waals surface area (Å²) < 4.78 is 3.14. The Balaban J connectivity index is 1.65. The number of carbonyl (C=O) groups excluding carboxylic acids is 1. The van der Waals surface area contributed by atoms with Crippen LogP contribution in [0.4, 0.5) is 0 Å². The van der Waals surface area contributed by atoms with E-state index >= 15 is 0 Å². The van der Waals surface area contributed by atoms with Crippen LogP contribution in [0.25, 0.3) is 16.5 Å². The molecule has 0 spiro atoms. The molecule has 0 saturated carbocycles. The van der Waals surface area contributed by atoms with Crippen molar-refractivity contribution in [2.45, 2.75) is 26.4 Å². The molecular weight excluding hydrogens is 368 g/mol. The van der Waals surface area contributed by atoms with Gasteiger partial charge in [0.1, 0.15) is 6.33 Å². The van der Waals surface area contributed by atoms with Crippen molar-refractivity contribution in [1.29, 1.82) is 0 Å². The normalized spacial score (nSPS) is 11.1. The number of nitrogens with zero attached hydrogens (tertiary/aromatic N) is 5. The van der Waals surface area contributed by atoms with Crippen LogP contribution in [-0.4, -0.2) is 30.5 Å². The minimum atomic E-state index is -0.377. The van der Waals surface area contributed by atoms with Crippen molar-refractivity contribution in [3.8, 4) is 5.69 Å². The van der Waals surface area contributed by atoms with Crippen LogP contribution >= 0.6 is 0 Å². The number of aromatic nitrogens is 5. The maximum absolute atomic E-state index is 12.9. The molecule has 8 nitrogen and oxygen atoms in total. The summed E-state index contributed by atoms with van der Waals surface area (Å²) in [6.45, 7) is 3.88. The number of para-hydroxylation sites is 1. The van der Waals surface area contributed by atoms with Gasteiger partial charge >= 0.3 is 0 Å². The van der Waals surface area contributed by atoms with E-state index in [-0.39, 0.29) is 29.7 Å². The topological polar surface area (TPSA) is 94.7 Å². The van der Waals surface area contributed by atoms with Crippen molar-refractivity contribution in [3.05, 3.63) is 82.8 Å². The Labute approximate surface area is 166 Å². The fraction of sp³-hybridized carbons (Fsp3) is 0.190. The molecule has 4 rings (SSSR count). The summed E-state index contributed by atoms with van der Waals surface area (Å²) in [5.41, 5.74) is 0.898. The number of benzene rings is 2. The lowest BCUT2D eigenvalue weighted by atomic mass is 10.1. The molecule has 1 amide bonds. The van der Waals surface area contributed by atoms with Crippen molar-refractivity contribution in [1.82, 2.24) is 29.9 Å². The molecule has 1 N–H and O–H groups in total. The highest BCUT2D eigenvalue weighted by molar-refractivity contribution is 6.04. The predicted octanol–water partition coefficient (Wildman–Crippen LogP) is 2.49. The van der Waals surface area contributed by atoms with Crippen LogP contribution in [0.2, 0.25) is 0 Å². The van der Waals surface area contributed by atoms with Gasteiger partial charge in [-0.2, -0.15) is 5.10 Å². The number of nitrogens with one attached hydrogen (secondary N) is 1. The number of carbonyl (C=O) groups is 1. The van der Waals surface area contributed by atoms with Gasteiger partial charge in [0, 0.05) is 11.1 Å². The molecule has 2 heterocycles. The SMILES string of the molecule is CC(C)n1nc(C(=O)NCc2nncn2-c2ccccc2)c2ccccc2c1=O. The van der Waals surface area contributed by atoms with E-state index in [9.17, 15) is 9.59 Å². The van der Waals surface area contributed by atoms with Crippen LogP contribution in [-0.2, 0) is 6.54 Å². The van der Waals surface area contributed by atoms with E-state index in [0.717, 1.165) is 5.69 Å². The van der Waals surface area contributed by atoms with E-state index in [0.29, 0.717) is 16.6 Å². The molecule has 2 aromatic heterocycles. The fourth-order valence-electron chi connectivity index (χ4n) is 3.15. The highest BCUT2D eigenvalue weighted by atomic mass is 16.2. The summed E-state index contributed by atoms with van der Waals surface area (Å²) in [4.78, 5) is 25.6. The second-order valence-corrected chi connectivity index (χ2v) is 6.87. The first kappa shape index (κ1) is 18.5. The molecule has 0 aliphatic rings. The monoisotopic (exact) mass is 388 g/mol. The molecule has 0 radical (unpaired) electrons. The summed E-state index contributed by atoms with van der Waals surface area (Å²) in [5.74, 6) is 0.212. The molecule has 4 aromatic rings. The predicted molar refractivity (Wildman–Crippen MR) is 109 cm³/mol. The smallest absolute Gasteiger partial charge is 0.274 e. The molecule has 2 aromatic carbocycles. The number of hydrogen-bond donors (Lipinski definition) is 1. The zero-order valence-electron chi connectivity index (χ0n) is 16.1. The minimum Gasteiger partial charge on any atom is -0.343 e. The first-order valence-corrected chi connectivity index (χ1v) is 9.30. The van der Waals surface area contributed by atoms with Crippen LogP contribution in [0.1, 0.15) is 36.2 Å². The molecule has 29 heavy (non-hydrogen) atoms. The Morgan fingerprint density at radius 1 is 1.03 bits per heavy atom. The number of amides is 1. The molecule has 146 valence electrons. The van der Waals surface area contributed by atoms with Crippen LogP contribution < -0.4 is 10.9 Å². The van der Waals surface area contributed by atoms with E-state index in [1.807, 2.05) is 44.2 Å². The minimum absolute atomic E-state index is 0.167. The largest absolute Gasteiger partial charge is 0.343 e. The highest BCUT2D eigenvalue weighted by Crippen LogP contribution is 2.15. The summed E-state index contributed by atoms with van der Waals surface area (Å²) in [7, 11) is 0. The molecule has 0 atom stereocenters. The second kappa shape index (κ2) is 7.67. The quantitative estimate of drug-likeness (QED) is 0.567. The average Bonchev–Trinajstić information content (AvgIpc) is 3.21. The van der Waals surface area contributed by atoms with Gasteiger partial charge in [-0.05, 0) is 32.0 Å². The van der Waals surface area contributed by atoms with Crippen LogP contribution in [0, 0.1) is 0 Å². The second-order valence-electron chi connectivity index (χ2n) is 6.87. The van der Waals surface area contributed by atoms with Gasteiger partial charge < -0.3 is 5.32 Å². The van der Waals surface area contributed by atoms with Gasteiger partial charge in [-0.3, -0.25) is 14.2 Å². The third-order valence-electron chi connectivity index (χ3n) is 4.59. The standard InChI is InChI=1S/C21H20N6O2/c1-14(2)27-21(29)17-11-7-6-10-16(17)19(25-27)20(28)22-12-18-24-23-13-26(18)15-8-4-3-5-9-15/h3-11,13-14H,12H2,1-2H3,(H,22,28). The zero-order valence-corrected chi connectivity index (χ0v) is 16.1. The molecular formula is C21H20N6O2. The Hall–Kier alpha value is -3.81. The van der Waals surface area contributed by atoms with Gasteiger partial charge in [0.15, 0.2) is 11.5 Å². The zero-order chi connectivity index (χ0) is 20.4. The van der Waals surface area contributed by atoms with Crippen molar-refractivity contribution in [3.63, 3.8) is 0 Å². The number of rotatable bonds is 5. The lowest BCUT2D eigenvalue weighted by Gasteiger charge is -2.13. The molecule has 0 aliphatic carbocycles. The van der Waals surface area contributed by atoms with Crippen molar-refractivity contribution in [2.24, 2.45) is 0 Å². The lowest BCUT2D eigenvalue weighted by Crippen LogP contribution is -2.31. The number of hydrogen-bond acceptors (Lipinski definition) is 5. The van der Waals surface area contributed by atoms with Gasteiger partial charge in [0.2, 0.25) is 0 Å². The Kier molecular flexibility index (Phi) is 4.90. The van der Waals surface area contributed by atoms with Crippen LogP contribution in [0.3, 0.4) is 0 Å². The molecule has 0 bridgehead atoms. The van der Waals surface area contributed by atoms with Crippen molar-refractivity contribution >= 4 is 16.7 Å². The fourth-order valence-corrected chi connectivity index (χ4v) is 3.15. The molecule has 0 saturated heterocycles. The summed E-state index contributed by atoms with van der Waals surface area (Å²) in [6.07, 6.45) is 1.60. The van der Waals surface area contributed by atoms with E-state index < -0.39 is 0 Å². The first-order valence-electron chi connectivity index (χ1n) is 9.30. The lowest BCUT2D eigenvalue weighted by molar-refractivity contribution is 0.0944. The van der Waals surface area contributed by atoms with E-state index in [2.05, 4.69) is 20.6 Å². The third-order valence-corrected chi connectivity index (χ3v) is 4.59. The Morgan fingerprint density at radius 2 is 1.72 bits per heavy atom. The third kappa shape index (κ3) is 3.52. The summed E-state index contributed by atoms with van der Waals surface area (Å²) in [6, 6.07) is 16.5. The Morgan fingerprint density at radius 3 is 2.45 bits per heavy atom. The van der Waals surface area contributed by atoms with Crippen molar-refractivity contribution in [2.75, 3.05) is 0 Å². The van der Waals surface area contributed by atoms with E-state index in [1.54, 1.807) is 35.2 Å². The van der Waals surface area contributed by atoms with Gasteiger partial charge in [-0.25, -0.2) is 4.68 Å². The van der Waals surface area contributed by atoms with E-state index in [1.165, 1.54) is 4.68 Å².